The zero-order chi connectivity index (χ0) is 21.3. The molecule has 2 aromatic carbocycles. The molecule has 0 radical (unpaired) electrons. The third-order valence-corrected chi connectivity index (χ3v) is 6.48. The monoisotopic (exact) mass is 426 g/mol. The van der Waals surface area contributed by atoms with Crippen LogP contribution in [-0.2, 0) is 24.1 Å². The van der Waals surface area contributed by atoms with Crippen molar-refractivity contribution in [1.29, 1.82) is 0 Å². The summed E-state index contributed by atoms with van der Waals surface area (Å²) in [5.41, 5.74) is 1.82. The molecule has 2 heterocycles. The second-order valence-electron chi connectivity index (χ2n) is 6.98. The second kappa shape index (κ2) is 7.92. The van der Waals surface area contributed by atoms with Gasteiger partial charge in [-0.1, -0.05) is 18.2 Å². The highest BCUT2D eigenvalue weighted by atomic mass is 32.2. The van der Waals surface area contributed by atoms with Crippen LogP contribution in [0.15, 0.2) is 64.4 Å². The Bertz CT molecular complexity index is 1380. The number of aromatic nitrogens is 3. The van der Waals surface area contributed by atoms with Gasteiger partial charge in [-0.15, -0.1) is 0 Å². The lowest BCUT2D eigenvalue weighted by Crippen LogP contribution is -2.26. The standard InChI is InChI=1S/C21H22N4O4S/c1-24-17-10-9-16(14-18(17)25(2)21(24)26)30(27,28)23-12-5-13-29-19-8-3-6-15-7-4-11-22-20(15)19/h3-4,6-11,14,23H,5,12-13H2,1-2H3. The number of rotatable bonds is 7. The minimum atomic E-state index is -3.69. The highest BCUT2D eigenvalue weighted by Gasteiger charge is 2.16. The van der Waals surface area contributed by atoms with Crippen LogP contribution in [0.5, 0.6) is 5.75 Å². The van der Waals surface area contributed by atoms with Crippen molar-refractivity contribution < 1.29 is 13.2 Å². The minimum absolute atomic E-state index is 0.121. The molecule has 9 heteroatoms. The van der Waals surface area contributed by atoms with Crippen LogP contribution in [0.1, 0.15) is 6.42 Å². The zero-order valence-electron chi connectivity index (χ0n) is 16.7. The molecule has 0 saturated carbocycles. The largest absolute Gasteiger partial charge is 0.491 e. The van der Waals surface area contributed by atoms with Crippen LogP contribution in [0, 0.1) is 0 Å². The van der Waals surface area contributed by atoms with E-state index in [0.717, 1.165) is 10.9 Å². The average Bonchev–Trinajstić information content (AvgIpc) is 2.97. The first-order chi connectivity index (χ1) is 14.4. The molecule has 1 N–H and O–H groups in total. The van der Waals surface area contributed by atoms with E-state index in [4.69, 9.17) is 4.74 Å². The number of fused-ring (bicyclic) bond motifs is 2. The van der Waals surface area contributed by atoms with Crippen LogP contribution in [-0.4, -0.2) is 35.7 Å². The maximum atomic E-state index is 12.6. The van der Waals surface area contributed by atoms with Crippen LogP contribution in [0.2, 0.25) is 0 Å². The molecule has 0 aliphatic rings. The van der Waals surface area contributed by atoms with Crippen molar-refractivity contribution in [3.63, 3.8) is 0 Å². The van der Waals surface area contributed by atoms with Crippen LogP contribution >= 0.6 is 0 Å². The van der Waals surface area contributed by atoms with Crippen LogP contribution in [0.25, 0.3) is 21.9 Å². The molecule has 0 fully saturated rings. The number of aryl methyl sites for hydroxylation is 2. The number of ether oxygens (including phenoxy) is 1. The van der Waals surface area contributed by atoms with Gasteiger partial charge in [0.15, 0.2) is 0 Å². The van der Waals surface area contributed by atoms with Gasteiger partial charge in [0.2, 0.25) is 10.0 Å². The molecule has 30 heavy (non-hydrogen) atoms. The molecule has 0 amide bonds. The lowest BCUT2D eigenvalue weighted by Gasteiger charge is -2.10. The molecule has 8 nitrogen and oxygen atoms in total. The Balaban J connectivity index is 1.39. The van der Waals surface area contributed by atoms with Gasteiger partial charge < -0.3 is 4.74 Å². The van der Waals surface area contributed by atoms with E-state index in [2.05, 4.69) is 9.71 Å². The summed E-state index contributed by atoms with van der Waals surface area (Å²) >= 11 is 0. The first-order valence-corrected chi connectivity index (χ1v) is 11.0. The van der Waals surface area contributed by atoms with Crippen LogP contribution < -0.4 is 15.1 Å². The SMILES string of the molecule is Cn1c(=O)n(C)c2cc(S(=O)(=O)NCCCOc3cccc4cccnc34)ccc21. The van der Waals surface area contributed by atoms with E-state index in [-0.39, 0.29) is 17.1 Å². The second-order valence-corrected chi connectivity index (χ2v) is 8.75. The fourth-order valence-corrected chi connectivity index (χ4v) is 4.48. The van der Waals surface area contributed by atoms with Gasteiger partial charge in [0.1, 0.15) is 11.3 Å². The Morgan fingerprint density at radius 1 is 1.03 bits per heavy atom. The van der Waals surface area contributed by atoms with Gasteiger partial charge in [0.05, 0.1) is 22.5 Å². The molecule has 0 atom stereocenters. The molecule has 0 aliphatic carbocycles. The molecule has 0 spiro atoms. The van der Waals surface area contributed by atoms with E-state index in [1.54, 1.807) is 26.4 Å². The summed E-state index contributed by atoms with van der Waals surface area (Å²) < 4.78 is 36.6. The summed E-state index contributed by atoms with van der Waals surface area (Å²) in [4.78, 5) is 16.5. The number of nitrogens with zero attached hydrogens (tertiary/aromatic N) is 3. The molecule has 2 aromatic heterocycles. The third-order valence-electron chi connectivity index (χ3n) is 5.02. The Hall–Kier alpha value is -3.17. The highest BCUT2D eigenvalue weighted by molar-refractivity contribution is 7.89. The number of benzene rings is 2. The van der Waals surface area contributed by atoms with Gasteiger partial charge in [-0.25, -0.2) is 17.9 Å². The fourth-order valence-electron chi connectivity index (χ4n) is 3.39. The Morgan fingerprint density at radius 3 is 2.63 bits per heavy atom. The lowest BCUT2D eigenvalue weighted by molar-refractivity contribution is 0.314. The number of nitrogens with one attached hydrogen (secondary N) is 1. The molecular formula is C21H22N4O4S. The van der Waals surface area contributed by atoms with Gasteiger partial charge in [-0.3, -0.25) is 14.1 Å². The number of hydrogen-bond acceptors (Lipinski definition) is 5. The predicted octanol–water partition coefficient (Wildman–Crippen LogP) is 2.17. The van der Waals surface area contributed by atoms with Crippen molar-refractivity contribution in [3.05, 3.63) is 65.2 Å². The van der Waals surface area contributed by atoms with Crippen molar-refractivity contribution >= 4 is 32.0 Å². The minimum Gasteiger partial charge on any atom is -0.491 e. The molecular weight excluding hydrogens is 404 g/mol. The van der Waals surface area contributed by atoms with E-state index in [9.17, 15) is 13.2 Å². The number of imidazole rings is 1. The summed E-state index contributed by atoms with van der Waals surface area (Å²) in [6.07, 6.45) is 2.21. The predicted molar refractivity (Wildman–Crippen MR) is 115 cm³/mol. The number of sulfonamides is 1. The molecule has 0 saturated heterocycles. The molecule has 156 valence electrons. The maximum absolute atomic E-state index is 12.6. The van der Waals surface area contributed by atoms with Crippen LogP contribution in [0.4, 0.5) is 0 Å². The lowest BCUT2D eigenvalue weighted by atomic mass is 10.2. The molecule has 4 rings (SSSR count). The Morgan fingerprint density at radius 2 is 1.80 bits per heavy atom. The molecule has 4 aromatic rings. The maximum Gasteiger partial charge on any atom is 0.328 e. The van der Waals surface area contributed by atoms with Gasteiger partial charge in [-0.2, -0.15) is 0 Å². The number of para-hydroxylation sites is 1. The third kappa shape index (κ3) is 3.69. The average molecular weight is 426 g/mol. The van der Waals surface area contributed by atoms with Crippen molar-refractivity contribution in [3.8, 4) is 5.75 Å². The summed E-state index contributed by atoms with van der Waals surface area (Å²) in [5, 5.41) is 0.987. The van der Waals surface area contributed by atoms with Gasteiger partial charge in [-0.05, 0) is 36.8 Å². The van der Waals surface area contributed by atoms with E-state index >= 15 is 0 Å². The van der Waals surface area contributed by atoms with Crippen molar-refractivity contribution in [2.45, 2.75) is 11.3 Å². The topological polar surface area (TPSA) is 95.2 Å². The summed E-state index contributed by atoms with van der Waals surface area (Å²) in [5.74, 6) is 0.673. The van der Waals surface area contributed by atoms with E-state index < -0.39 is 10.0 Å². The van der Waals surface area contributed by atoms with Crippen molar-refractivity contribution in [1.82, 2.24) is 18.8 Å². The van der Waals surface area contributed by atoms with E-state index in [1.807, 2.05) is 30.3 Å². The number of pyridine rings is 1. The Kier molecular flexibility index (Phi) is 5.31. The van der Waals surface area contributed by atoms with Gasteiger partial charge in [0.25, 0.3) is 0 Å². The smallest absolute Gasteiger partial charge is 0.328 e. The van der Waals surface area contributed by atoms with Gasteiger partial charge in [0, 0.05) is 32.2 Å². The van der Waals surface area contributed by atoms with E-state index in [1.165, 1.54) is 21.3 Å². The number of hydrogen-bond donors (Lipinski definition) is 1. The quantitative estimate of drug-likeness (QED) is 0.457. The highest BCUT2D eigenvalue weighted by Crippen LogP contribution is 2.23. The summed E-state index contributed by atoms with van der Waals surface area (Å²) in [6, 6.07) is 14.2. The summed E-state index contributed by atoms with van der Waals surface area (Å²) in [6.45, 7) is 0.580. The molecule has 0 bridgehead atoms. The van der Waals surface area contributed by atoms with Crippen molar-refractivity contribution in [2.75, 3.05) is 13.2 Å². The summed E-state index contributed by atoms with van der Waals surface area (Å²) in [7, 11) is -0.420. The van der Waals surface area contributed by atoms with E-state index in [0.29, 0.717) is 29.8 Å². The van der Waals surface area contributed by atoms with Crippen LogP contribution in [0.3, 0.4) is 0 Å². The van der Waals surface area contributed by atoms with Gasteiger partial charge >= 0.3 is 5.69 Å². The first kappa shape index (κ1) is 20.1. The normalized spacial score (nSPS) is 11.9. The Labute approximate surface area is 173 Å². The zero-order valence-corrected chi connectivity index (χ0v) is 17.5. The molecule has 0 unspecified atom stereocenters. The fraction of sp³-hybridized carbons (Fsp3) is 0.238. The molecule has 0 aliphatic heterocycles. The van der Waals surface area contributed by atoms with Crippen molar-refractivity contribution in [2.24, 2.45) is 14.1 Å². The first-order valence-electron chi connectivity index (χ1n) is 9.50.